The van der Waals surface area contributed by atoms with Crippen LogP contribution in [0.25, 0.3) is 0 Å². The molecule has 0 aromatic carbocycles. The summed E-state index contributed by atoms with van der Waals surface area (Å²) in [5.74, 6) is -0.00506. The molecule has 2 aromatic rings. The van der Waals surface area contributed by atoms with Crippen molar-refractivity contribution in [2.24, 2.45) is 0 Å². The summed E-state index contributed by atoms with van der Waals surface area (Å²) in [6.45, 7) is 4.85. The van der Waals surface area contributed by atoms with E-state index in [0.29, 0.717) is 11.7 Å². The van der Waals surface area contributed by atoms with Crippen LogP contribution in [-0.4, -0.2) is 45.4 Å². The highest BCUT2D eigenvalue weighted by Gasteiger charge is 2.30. The van der Waals surface area contributed by atoms with Crippen molar-refractivity contribution in [1.29, 1.82) is 0 Å². The third kappa shape index (κ3) is 3.08. The standard InChI is InChI=1S/C16H21N5OS.ClH/c1-11-13-5-9-23-15(13)4-8-20(11)16(22)14-10-21(19-18-14)12-2-6-17-7-3-12;/h5,9-12,17H,2-4,6-8H2,1H3;1H. The molecule has 1 N–H and O–H groups in total. The summed E-state index contributed by atoms with van der Waals surface area (Å²) >= 11 is 1.79. The van der Waals surface area contributed by atoms with E-state index in [2.05, 4.69) is 34.0 Å². The van der Waals surface area contributed by atoms with Crippen LogP contribution >= 0.6 is 23.7 Å². The van der Waals surface area contributed by atoms with E-state index in [4.69, 9.17) is 0 Å². The maximum absolute atomic E-state index is 12.8. The van der Waals surface area contributed by atoms with Crippen LogP contribution in [0.15, 0.2) is 17.6 Å². The van der Waals surface area contributed by atoms with Gasteiger partial charge in [0.1, 0.15) is 0 Å². The van der Waals surface area contributed by atoms with Crippen molar-refractivity contribution in [3.63, 3.8) is 0 Å². The molecule has 4 rings (SSSR count). The number of amides is 1. The molecule has 130 valence electrons. The highest BCUT2D eigenvalue weighted by molar-refractivity contribution is 7.10. The normalized spacial score (nSPS) is 21.2. The Balaban J connectivity index is 0.00000169. The molecule has 1 atom stereocenters. The molecule has 0 spiro atoms. The fraction of sp³-hybridized carbons (Fsp3) is 0.562. The number of hydrogen-bond donors (Lipinski definition) is 1. The number of nitrogens with zero attached hydrogens (tertiary/aromatic N) is 4. The van der Waals surface area contributed by atoms with Crippen molar-refractivity contribution >= 4 is 29.7 Å². The van der Waals surface area contributed by atoms with Crippen LogP contribution in [0, 0.1) is 0 Å². The largest absolute Gasteiger partial charge is 0.330 e. The minimum Gasteiger partial charge on any atom is -0.330 e. The van der Waals surface area contributed by atoms with Gasteiger partial charge in [0.05, 0.1) is 18.3 Å². The molecule has 2 aromatic heterocycles. The van der Waals surface area contributed by atoms with Crippen molar-refractivity contribution in [1.82, 2.24) is 25.2 Å². The van der Waals surface area contributed by atoms with Gasteiger partial charge in [0.2, 0.25) is 0 Å². The number of rotatable bonds is 2. The molecule has 2 aliphatic rings. The maximum atomic E-state index is 12.8. The first-order valence-corrected chi connectivity index (χ1v) is 9.12. The second kappa shape index (κ2) is 7.21. The van der Waals surface area contributed by atoms with Crippen LogP contribution < -0.4 is 5.32 Å². The van der Waals surface area contributed by atoms with E-state index in [1.54, 1.807) is 11.3 Å². The predicted octanol–water partition coefficient (Wildman–Crippen LogP) is 2.45. The second-order valence-electron chi connectivity index (χ2n) is 6.29. The summed E-state index contributed by atoms with van der Waals surface area (Å²) in [6, 6.07) is 2.60. The van der Waals surface area contributed by atoms with E-state index < -0.39 is 0 Å². The molecule has 1 saturated heterocycles. The number of hydrogen-bond acceptors (Lipinski definition) is 5. The zero-order chi connectivity index (χ0) is 15.8. The van der Waals surface area contributed by atoms with Gasteiger partial charge in [-0.2, -0.15) is 0 Å². The lowest BCUT2D eigenvalue weighted by Gasteiger charge is -2.33. The third-order valence-corrected chi connectivity index (χ3v) is 5.95. The van der Waals surface area contributed by atoms with Gasteiger partial charge < -0.3 is 10.2 Å². The zero-order valence-corrected chi connectivity index (χ0v) is 15.3. The Labute approximate surface area is 151 Å². The summed E-state index contributed by atoms with van der Waals surface area (Å²) in [5, 5.41) is 13.8. The summed E-state index contributed by atoms with van der Waals surface area (Å²) in [6.07, 6.45) is 4.84. The van der Waals surface area contributed by atoms with Crippen LogP contribution in [0.5, 0.6) is 0 Å². The predicted molar refractivity (Wildman–Crippen MR) is 95.9 cm³/mol. The van der Waals surface area contributed by atoms with Crippen LogP contribution in [-0.2, 0) is 6.42 Å². The Morgan fingerprint density at radius 2 is 2.17 bits per heavy atom. The molecule has 24 heavy (non-hydrogen) atoms. The van der Waals surface area contributed by atoms with E-state index >= 15 is 0 Å². The number of halogens is 1. The van der Waals surface area contributed by atoms with Crippen molar-refractivity contribution in [2.45, 2.75) is 38.3 Å². The Morgan fingerprint density at radius 3 is 2.96 bits per heavy atom. The lowest BCUT2D eigenvalue weighted by Crippen LogP contribution is -2.38. The van der Waals surface area contributed by atoms with Gasteiger partial charge in [-0.3, -0.25) is 4.79 Å². The molecule has 6 nitrogen and oxygen atoms in total. The fourth-order valence-corrected chi connectivity index (χ4v) is 4.52. The Morgan fingerprint density at radius 1 is 1.38 bits per heavy atom. The molecular formula is C16H22ClN5OS. The fourth-order valence-electron chi connectivity index (χ4n) is 3.56. The van der Waals surface area contributed by atoms with Gasteiger partial charge in [0.25, 0.3) is 5.91 Å². The highest BCUT2D eigenvalue weighted by atomic mass is 35.5. The molecule has 1 amide bonds. The smallest absolute Gasteiger partial charge is 0.276 e. The van der Waals surface area contributed by atoms with Gasteiger partial charge in [-0.05, 0) is 56.3 Å². The second-order valence-corrected chi connectivity index (χ2v) is 7.29. The molecule has 2 aliphatic heterocycles. The van der Waals surface area contributed by atoms with Crippen molar-refractivity contribution in [2.75, 3.05) is 19.6 Å². The SMILES string of the molecule is CC1c2ccsc2CCN1C(=O)c1cn(C2CCNCC2)nn1.Cl. The summed E-state index contributed by atoms with van der Waals surface area (Å²) < 4.78 is 1.87. The number of fused-ring (bicyclic) bond motifs is 1. The van der Waals surface area contributed by atoms with Gasteiger partial charge in [-0.15, -0.1) is 28.8 Å². The average Bonchev–Trinajstić information content (AvgIpc) is 3.25. The Hall–Kier alpha value is -1.44. The zero-order valence-electron chi connectivity index (χ0n) is 13.6. The van der Waals surface area contributed by atoms with E-state index in [1.807, 2.05) is 15.8 Å². The van der Waals surface area contributed by atoms with Crippen molar-refractivity contribution in [3.8, 4) is 0 Å². The molecular weight excluding hydrogens is 346 g/mol. The van der Waals surface area contributed by atoms with Crippen LogP contribution in [0.1, 0.15) is 52.8 Å². The monoisotopic (exact) mass is 367 g/mol. The first-order valence-electron chi connectivity index (χ1n) is 8.24. The van der Waals surface area contributed by atoms with Crippen molar-refractivity contribution < 1.29 is 4.79 Å². The lowest BCUT2D eigenvalue weighted by molar-refractivity contribution is 0.0673. The van der Waals surface area contributed by atoms with Crippen LogP contribution in [0.3, 0.4) is 0 Å². The number of aromatic nitrogens is 3. The van der Waals surface area contributed by atoms with Gasteiger partial charge in [-0.1, -0.05) is 5.21 Å². The quantitative estimate of drug-likeness (QED) is 0.885. The van der Waals surface area contributed by atoms with Gasteiger partial charge in [0, 0.05) is 11.4 Å². The van der Waals surface area contributed by atoms with E-state index in [0.717, 1.165) is 38.9 Å². The minimum absolute atomic E-state index is 0. The summed E-state index contributed by atoms with van der Waals surface area (Å²) in [5.41, 5.74) is 1.74. The Bertz CT molecular complexity index is 709. The summed E-state index contributed by atoms with van der Waals surface area (Å²) in [4.78, 5) is 16.2. The third-order valence-electron chi connectivity index (χ3n) is 4.95. The molecule has 0 radical (unpaired) electrons. The molecule has 0 saturated carbocycles. The molecule has 1 unspecified atom stereocenters. The number of thiophene rings is 1. The van der Waals surface area contributed by atoms with Crippen LogP contribution in [0.2, 0.25) is 0 Å². The van der Waals surface area contributed by atoms with E-state index in [9.17, 15) is 4.79 Å². The van der Waals surface area contributed by atoms with Gasteiger partial charge in [0.15, 0.2) is 5.69 Å². The van der Waals surface area contributed by atoms with Gasteiger partial charge in [-0.25, -0.2) is 4.68 Å². The number of carbonyl (C=O) groups is 1. The number of nitrogens with one attached hydrogen (secondary N) is 1. The lowest BCUT2D eigenvalue weighted by atomic mass is 10.0. The molecule has 4 heterocycles. The summed E-state index contributed by atoms with van der Waals surface area (Å²) in [7, 11) is 0. The molecule has 1 fully saturated rings. The number of carbonyl (C=O) groups excluding carboxylic acids is 1. The van der Waals surface area contributed by atoms with Crippen molar-refractivity contribution in [3.05, 3.63) is 33.8 Å². The topological polar surface area (TPSA) is 63.1 Å². The van der Waals surface area contributed by atoms with Gasteiger partial charge >= 0.3 is 0 Å². The maximum Gasteiger partial charge on any atom is 0.276 e. The van der Waals surface area contributed by atoms with E-state index in [-0.39, 0.29) is 24.4 Å². The number of piperidine rings is 1. The minimum atomic E-state index is -0.00506. The molecule has 0 bridgehead atoms. The Kier molecular flexibility index (Phi) is 5.22. The van der Waals surface area contributed by atoms with Crippen LogP contribution in [0.4, 0.5) is 0 Å². The highest BCUT2D eigenvalue weighted by Crippen LogP contribution is 2.33. The molecule has 8 heteroatoms. The first-order chi connectivity index (χ1) is 11.2. The average molecular weight is 368 g/mol. The van der Waals surface area contributed by atoms with E-state index in [1.165, 1.54) is 10.4 Å². The first kappa shape index (κ1) is 17.4. The molecule has 0 aliphatic carbocycles.